The molecule has 0 aliphatic carbocycles. The first-order valence-electron chi connectivity index (χ1n) is 8.62. The van der Waals surface area contributed by atoms with Gasteiger partial charge in [0.25, 0.3) is 0 Å². The second-order valence-corrected chi connectivity index (χ2v) is 8.36. The molecule has 4 aromatic rings. The Morgan fingerprint density at radius 1 is 0.964 bits per heavy atom. The zero-order chi connectivity index (χ0) is 19.1. The molecule has 0 spiro atoms. The van der Waals surface area contributed by atoms with Crippen molar-refractivity contribution in [3.8, 4) is 22.8 Å². The number of imidazole rings is 1. The Kier molecular flexibility index (Phi) is 6.45. The first kappa shape index (κ1) is 21.3. The smallest absolute Gasteiger partial charge is 0.0603 e. The van der Waals surface area contributed by atoms with Crippen LogP contribution in [0.1, 0.15) is 17.0 Å². The third-order valence-corrected chi connectivity index (χ3v) is 5.72. The van der Waals surface area contributed by atoms with E-state index in [0.717, 1.165) is 37.3 Å². The van der Waals surface area contributed by atoms with Gasteiger partial charge in [0.15, 0.2) is 0 Å². The molecule has 2 heterocycles. The number of rotatable bonds is 3. The van der Waals surface area contributed by atoms with Crippen molar-refractivity contribution in [1.29, 1.82) is 0 Å². The maximum Gasteiger partial charge on any atom is 0.0603 e. The van der Waals surface area contributed by atoms with Gasteiger partial charge in [-0.15, -0.1) is 29.8 Å². The molecule has 0 atom stereocenters. The first-order chi connectivity index (χ1) is 13.0. The van der Waals surface area contributed by atoms with Crippen LogP contribution in [0.5, 0.6) is 0 Å². The summed E-state index contributed by atoms with van der Waals surface area (Å²) in [6, 6.07) is 18.0. The van der Waals surface area contributed by atoms with Crippen molar-refractivity contribution < 1.29 is 20.1 Å². The minimum atomic E-state index is 0. The number of halogens is 2. The quantitative estimate of drug-likeness (QED) is 0.225. The molecular formula is C22H18Br2IrN3-. The fourth-order valence-electron chi connectivity index (χ4n) is 3.48. The number of benzene rings is 2. The molecule has 1 radical (unpaired) electrons. The van der Waals surface area contributed by atoms with Crippen molar-refractivity contribution in [2.45, 2.75) is 20.8 Å². The van der Waals surface area contributed by atoms with Crippen molar-refractivity contribution in [3.63, 3.8) is 0 Å². The third-order valence-electron chi connectivity index (χ3n) is 4.66. The monoisotopic (exact) mass is 675 g/mol. The van der Waals surface area contributed by atoms with Gasteiger partial charge in [-0.25, -0.2) is 0 Å². The Balaban J connectivity index is 0.00000225. The molecule has 0 fully saturated rings. The Hall–Kier alpha value is -1.46. The van der Waals surface area contributed by atoms with Crippen LogP contribution in [0.4, 0.5) is 0 Å². The average Bonchev–Trinajstić information content (AvgIpc) is 3.21. The van der Waals surface area contributed by atoms with Crippen molar-refractivity contribution in [1.82, 2.24) is 14.1 Å². The molecule has 4 rings (SSSR count). The second kappa shape index (κ2) is 8.50. The van der Waals surface area contributed by atoms with Crippen LogP contribution < -0.4 is 0 Å². The maximum absolute atomic E-state index is 4.62. The topological polar surface area (TPSA) is 22.8 Å². The molecule has 6 heteroatoms. The molecule has 3 nitrogen and oxygen atoms in total. The summed E-state index contributed by atoms with van der Waals surface area (Å²) >= 11 is 7.25. The van der Waals surface area contributed by atoms with E-state index in [0.29, 0.717) is 0 Å². The molecule has 0 aliphatic rings. The number of hydrogen-bond donors (Lipinski definition) is 0. The predicted molar refractivity (Wildman–Crippen MR) is 117 cm³/mol. The Morgan fingerprint density at radius 2 is 1.68 bits per heavy atom. The summed E-state index contributed by atoms with van der Waals surface area (Å²) in [7, 11) is 0. The van der Waals surface area contributed by atoms with Gasteiger partial charge in [-0.3, -0.25) is 4.98 Å². The molecule has 0 amide bonds. The molecule has 0 saturated carbocycles. The molecular weight excluding hydrogens is 658 g/mol. The van der Waals surface area contributed by atoms with Gasteiger partial charge in [0.1, 0.15) is 0 Å². The predicted octanol–water partition coefficient (Wildman–Crippen LogP) is 6.58. The van der Waals surface area contributed by atoms with Crippen molar-refractivity contribution >= 4 is 31.9 Å². The zero-order valence-corrected chi connectivity index (χ0v) is 21.2. The van der Waals surface area contributed by atoms with Gasteiger partial charge >= 0.3 is 0 Å². The SMILES string of the molecule is Cc1cc(Br)cc(Br)c1-n1ccnc1-c1[c-]ccc(-n2c(C)ccc2C)c1.[Ir]. The van der Waals surface area contributed by atoms with Gasteiger partial charge in [0, 0.05) is 52.8 Å². The Morgan fingerprint density at radius 3 is 2.36 bits per heavy atom. The van der Waals surface area contributed by atoms with Crippen LogP contribution in [0, 0.1) is 26.8 Å². The van der Waals surface area contributed by atoms with E-state index < -0.39 is 0 Å². The van der Waals surface area contributed by atoms with E-state index in [-0.39, 0.29) is 20.1 Å². The summed E-state index contributed by atoms with van der Waals surface area (Å²) in [6.07, 6.45) is 3.82. The third kappa shape index (κ3) is 3.84. The van der Waals surface area contributed by atoms with Gasteiger partial charge in [-0.05, 0) is 72.2 Å². The first-order valence-corrected chi connectivity index (χ1v) is 10.2. The normalized spacial score (nSPS) is 10.8. The van der Waals surface area contributed by atoms with Crippen molar-refractivity contribution in [3.05, 3.63) is 86.8 Å². The number of aryl methyl sites for hydroxylation is 3. The molecule has 145 valence electrons. The minimum absolute atomic E-state index is 0. The maximum atomic E-state index is 4.62. The van der Waals surface area contributed by atoms with Crippen LogP contribution >= 0.6 is 31.9 Å². The molecule has 0 bridgehead atoms. The van der Waals surface area contributed by atoms with Gasteiger partial charge < -0.3 is 9.13 Å². The molecule has 28 heavy (non-hydrogen) atoms. The fourth-order valence-corrected chi connectivity index (χ4v) is 5.11. The van der Waals surface area contributed by atoms with Gasteiger partial charge in [0.05, 0.1) is 11.5 Å². The van der Waals surface area contributed by atoms with Crippen molar-refractivity contribution in [2.75, 3.05) is 0 Å². The zero-order valence-electron chi connectivity index (χ0n) is 15.6. The largest absolute Gasteiger partial charge is 0.339 e. The molecule has 0 saturated heterocycles. The van der Waals surface area contributed by atoms with Crippen LogP contribution in [0.25, 0.3) is 22.8 Å². The summed E-state index contributed by atoms with van der Waals surface area (Å²) in [4.78, 5) is 4.62. The molecule has 0 aliphatic heterocycles. The second-order valence-electron chi connectivity index (χ2n) is 6.59. The average molecular weight is 676 g/mol. The van der Waals surface area contributed by atoms with Gasteiger partial charge in [0.2, 0.25) is 0 Å². The van der Waals surface area contributed by atoms with Crippen LogP contribution in [-0.2, 0) is 20.1 Å². The molecule has 2 aromatic carbocycles. The van der Waals surface area contributed by atoms with Crippen LogP contribution in [0.2, 0.25) is 0 Å². The minimum Gasteiger partial charge on any atom is -0.339 e. The van der Waals surface area contributed by atoms with Crippen LogP contribution in [-0.4, -0.2) is 14.1 Å². The Bertz CT molecular complexity index is 1100. The van der Waals surface area contributed by atoms with E-state index in [1.807, 2.05) is 18.5 Å². The summed E-state index contributed by atoms with van der Waals surface area (Å²) in [5.41, 5.74) is 6.73. The van der Waals surface area contributed by atoms with Crippen LogP contribution in [0.3, 0.4) is 0 Å². The molecule has 0 unspecified atom stereocenters. The van der Waals surface area contributed by atoms with E-state index in [9.17, 15) is 0 Å². The van der Waals surface area contributed by atoms with Crippen LogP contribution in [0.15, 0.2) is 63.8 Å². The van der Waals surface area contributed by atoms with E-state index in [1.54, 1.807) is 0 Å². The summed E-state index contributed by atoms with van der Waals surface area (Å²) in [5.74, 6) is 0.866. The van der Waals surface area contributed by atoms with Gasteiger partial charge in [-0.1, -0.05) is 15.9 Å². The summed E-state index contributed by atoms with van der Waals surface area (Å²) in [6.45, 7) is 6.33. The summed E-state index contributed by atoms with van der Waals surface area (Å²) in [5, 5.41) is 0. The number of nitrogens with zero attached hydrogens (tertiary/aromatic N) is 3. The summed E-state index contributed by atoms with van der Waals surface area (Å²) < 4.78 is 6.41. The van der Waals surface area contributed by atoms with Gasteiger partial charge in [-0.2, -0.15) is 0 Å². The van der Waals surface area contributed by atoms with E-state index in [4.69, 9.17) is 0 Å². The van der Waals surface area contributed by atoms with E-state index in [1.165, 1.54) is 11.4 Å². The van der Waals surface area contributed by atoms with E-state index in [2.05, 4.69) is 109 Å². The van der Waals surface area contributed by atoms with Crippen molar-refractivity contribution in [2.24, 2.45) is 0 Å². The Labute approximate surface area is 195 Å². The number of aromatic nitrogens is 3. The molecule has 0 N–H and O–H groups in total. The molecule has 2 aromatic heterocycles. The standard InChI is InChI=1S/C22H18Br2N3.Ir/c1-14-11-18(23)13-20(24)21(14)26-10-9-25-22(26)17-5-4-6-19(12-17)27-15(2)7-8-16(27)3;/h4,6-13H,1-3H3;/q-1;. The number of hydrogen-bond acceptors (Lipinski definition) is 1. The van der Waals surface area contributed by atoms with E-state index >= 15 is 0 Å². The fraction of sp³-hybridized carbons (Fsp3) is 0.136.